The van der Waals surface area contributed by atoms with E-state index in [0.717, 1.165) is 6.54 Å². The van der Waals surface area contributed by atoms with E-state index in [2.05, 4.69) is 20.3 Å². The zero-order valence-corrected chi connectivity index (χ0v) is 9.16. The zero-order valence-electron chi connectivity index (χ0n) is 8.34. The Bertz CT molecular complexity index is 309. The van der Waals surface area contributed by atoms with Gasteiger partial charge in [-0.2, -0.15) is 4.80 Å². The number of tetrazole rings is 1. The van der Waals surface area contributed by atoms with Gasteiger partial charge in [0.2, 0.25) is 0 Å². The molecule has 0 unspecified atom stereocenters. The molecule has 0 radical (unpaired) electrons. The van der Waals surface area contributed by atoms with Crippen molar-refractivity contribution in [3.05, 3.63) is 5.82 Å². The number of aromatic nitrogens is 4. The highest BCUT2D eigenvalue weighted by Gasteiger charge is 2.08. The minimum atomic E-state index is 0.482. The van der Waals surface area contributed by atoms with Crippen molar-refractivity contribution in [3.8, 4) is 0 Å². The largest absolute Gasteiger partial charge is 0.392 e. The first-order chi connectivity index (χ1) is 6.61. The van der Waals surface area contributed by atoms with E-state index in [9.17, 15) is 0 Å². The average molecular weight is 214 g/mol. The number of hydrogen-bond donors (Lipinski definition) is 1. The SMILES string of the molecule is CCN(CC(N)=S)Cc1nnn(C)n1. The first-order valence-corrected chi connectivity index (χ1v) is 4.76. The third-order valence-corrected chi connectivity index (χ3v) is 1.87. The van der Waals surface area contributed by atoms with Crippen LogP contribution in [-0.2, 0) is 13.6 Å². The van der Waals surface area contributed by atoms with Gasteiger partial charge < -0.3 is 5.73 Å². The lowest BCUT2D eigenvalue weighted by atomic mass is 10.4. The number of rotatable bonds is 5. The fraction of sp³-hybridized carbons (Fsp3) is 0.714. The summed E-state index contributed by atoms with van der Waals surface area (Å²) in [6.07, 6.45) is 0. The van der Waals surface area contributed by atoms with E-state index in [1.165, 1.54) is 4.80 Å². The number of thiocarbonyl (C=S) groups is 1. The van der Waals surface area contributed by atoms with Gasteiger partial charge in [-0.05, 0) is 11.8 Å². The minimum Gasteiger partial charge on any atom is -0.392 e. The molecule has 1 aromatic rings. The molecule has 0 atom stereocenters. The van der Waals surface area contributed by atoms with Gasteiger partial charge in [0.1, 0.15) is 0 Å². The van der Waals surface area contributed by atoms with Crippen LogP contribution >= 0.6 is 12.2 Å². The van der Waals surface area contributed by atoms with Crippen molar-refractivity contribution < 1.29 is 0 Å². The van der Waals surface area contributed by atoms with Gasteiger partial charge in [0.05, 0.1) is 18.6 Å². The Morgan fingerprint density at radius 3 is 2.79 bits per heavy atom. The molecule has 7 heteroatoms. The smallest absolute Gasteiger partial charge is 0.188 e. The zero-order chi connectivity index (χ0) is 10.6. The Kier molecular flexibility index (Phi) is 3.90. The molecule has 0 saturated heterocycles. The molecule has 1 rings (SSSR count). The van der Waals surface area contributed by atoms with Crippen LogP contribution in [0.5, 0.6) is 0 Å². The second kappa shape index (κ2) is 4.97. The number of nitrogens with zero attached hydrogens (tertiary/aromatic N) is 5. The van der Waals surface area contributed by atoms with E-state index in [0.29, 0.717) is 23.9 Å². The summed E-state index contributed by atoms with van der Waals surface area (Å²) < 4.78 is 0. The van der Waals surface area contributed by atoms with Gasteiger partial charge in [0.25, 0.3) is 0 Å². The van der Waals surface area contributed by atoms with Crippen LogP contribution < -0.4 is 5.73 Å². The Balaban J connectivity index is 2.52. The lowest BCUT2D eigenvalue weighted by Gasteiger charge is -2.16. The summed E-state index contributed by atoms with van der Waals surface area (Å²) in [6, 6.07) is 0. The predicted octanol–water partition coefficient (Wildman–Crippen LogP) is -0.682. The van der Waals surface area contributed by atoms with Crippen molar-refractivity contribution >= 4 is 17.2 Å². The molecule has 6 nitrogen and oxygen atoms in total. The predicted molar refractivity (Wildman–Crippen MR) is 56.5 cm³/mol. The van der Waals surface area contributed by atoms with E-state index >= 15 is 0 Å². The molecule has 0 aromatic carbocycles. The molecular weight excluding hydrogens is 200 g/mol. The average Bonchev–Trinajstić information content (AvgIpc) is 2.49. The summed E-state index contributed by atoms with van der Waals surface area (Å²) in [5.74, 6) is 0.686. The molecule has 0 spiro atoms. The van der Waals surface area contributed by atoms with E-state index in [-0.39, 0.29) is 0 Å². The molecule has 0 amide bonds. The minimum absolute atomic E-state index is 0.482. The molecule has 2 N–H and O–H groups in total. The monoisotopic (exact) mass is 214 g/mol. The van der Waals surface area contributed by atoms with E-state index in [1.807, 2.05) is 6.92 Å². The van der Waals surface area contributed by atoms with Crippen molar-refractivity contribution in [2.45, 2.75) is 13.5 Å². The van der Waals surface area contributed by atoms with Crippen molar-refractivity contribution in [1.82, 2.24) is 25.1 Å². The molecule has 0 fully saturated rings. The van der Waals surface area contributed by atoms with Crippen LogP contribution in [0.3, 0.4) is 0 Å². The van der Waals surface area contributed by atoms with Crippen LogP contribution in [0.4, 0.5) is 0 Å². The van der Waals surface area contributed by atoms with E-state index in [1.54, 1.807) is 7.05 Å². The highest BCUT2D eigenvalue weighted by molar-refractivity contribution is 7.80. The molecular formula is C7H14N6S. The van der Waals surface area contributed by atoms with Gasteiger partial charge in [-0.3, -0.25) is 4.90 Å². The standard InChI is InChI=1S/C7H14N6S/c1-3-13(4-6(8)14)5-7-9-11-12(2)10-7/h3-5H2,1-2H3,(H2,8,14). The molecule has 1 aromatic heterocycles. The maximum absolute atomic E-state index is 5.46. The first kappa shape index (κ1) is 11.0. The number of aryl methyl sites for hydroxylation is 1. The van der Waals surface area contributed by atoms with Gasteiger partial charge in [0.15, 0.2) is 5.82 Å². The molecule has 1 heterocycles. The van der Waals surface area contributed by atoms with Crippen molar-refractivity contribution in [3.63, 3.8) is 0 Å². The summed E-state index contributed by atoms with van der Waals surface area (Å²) in [5.41, 5.74) is 5.46. The Morgan fingerprint density at radius 2 is 2.36 bits per heavy atom. The van der Waals surface area contributed by atoms with Crippen molar-refractivity contribution in [2.75, 3.05) is 13.1 Å². The second-order valence-corrected chi connectivity index (χ2v) is 3.49. The van der Waals surface area contributed by atoms with Crippen molar-refractivity contribution in [2.24, 2.45) is 12.8 Å². The van der Waals surface area contributed by atoms with Gasteiger partial charge in [-0.15, -0.1) is 10.2 Å². The van der Waals surface area contributed by atoms with Gasteiger partial charge >= 0.3 is 0 Å². The summed E-state index contributed by atoms with van der Waals surface area (Å²) in [4.78, 5) is 3.97. The van der Waals surface area contributed by atoms with Crippen LogP contribution in [0, 0.1) is 0 Å². The second-order valence-electron chi connectivity index (χ2n) is 2.96. The molecule has 78 valence electrons. The van der Waals surface area contributed by atoms with Crippen LogP contribution in [0.1, 0.15) is 12.7 Å². The first-order valence-electron chi connectivity index (χ1n) is 4.35. The lowest BCUT2D eigenvalue weighted by molar-refractivity contribution is 0.312. The third kappa shape index (κ3) is 3.35. The maximum Gasteiger partial charge on any atom is 0.188 e. The fourth-order valence-electron chi connectivity index (χ4n) is 1.09. The van der Waals surface area contributed by atoms with Gasteiger partial charge in [0, 0.05) is 6.54 Å². The lowest BCUT2D eigenvalue weighted by Crippen LogP contribution is -2.32. The number of likely N-dealkylation sites (N-methyl/N-ethyl adjacent to an activating group) is 1. The van der Waals surface area contributed by atoms with Crippen LogP contribution in [0.15, 0.2) is 0 Å². The number of nitrogens with two attached hydrogens (primary N) is 1. The highest BCUT2D eigenvalue weighted by atomic mass is 32.1. The normalized spacial score (nSPS) is 10.8. The third-order valence-electron chi connectivity index (χ3n) is 1.74. The topological polar surface area (TPSA) is 72.9 Å². The number of hydrogen-bond acceptors (Lipinski definition) is 5. The summed E-state index contributed by atoms with van der Waals surface area (Å²) in [5, 5.41) is 11.7. The molecule has 0 bridgehead atoms. The molecule has 0 aliphatic carbocycles. The fourth-order valence-corrected chi connectivity index (χ4v) is 1.27. The molecule has 14 heavy (non-hydrogen) atoms. The van der Waals surface area contributed by atoms with Gasteiger partial charge in [-0.25, -0.2) is 0 Å². The quantitative estimate of drug-likeness (QED) is 0.655. The summed E-state index contributed by atoms with van der Waals surface area (Å²) >= 11 is 4.83. The van der Waals surface area contributed by atoms with E-state index in [4.69, 9.17) is 18.0 Å². The van der Waals surface area contributed by atoms with Crippen LogP contribution in [-0.4, -0.2) is 43.2 Å². The molecule has 0 aliphatic heterocycles. The van der Waals surface area contributed by atoms with Gasteiger partial charge in [-0.1, -0.05) is 19.1 Å². The van der Waals surface area contributed by atoms with Crippen molar-refractivity contribution in [1.29, 1.82) is 0 Å². The van der Waals surface area contributed by atoms with Crippen LogP contribution in [0.25, 0.3) is 0 Å². The summed E-state index contributed by atoms with van der Waals surface area (Å²) in [6.45, 7) is 4.11. The molecule has 0 saturated carbocycles. The maximum atomic E-state index is 5.46. The Labute approximate surface area is 88.1 Å². The highest BCUT2D eigenvalue weighted by Crippen LogP contribution is 1.96. The van der Waals surface area contributed by atoms with Crippen LogP contribution in [0.2, 0.25) is 0 Å². The van der Waals surface area contributed by atoms with E-state index < -0.39 is 0 Å². The Morgan fingerprint density at radius 1 is 1.64 bits per heavy atom. The summed E-state index contributed by atoms with van der Waals surface area (Å²) in [7, 11) is 1.74. The Hall–Kier alpha value is -1.08. The molecule has 0 aliphatic rings.